The molecular formula is C11H17NO. The van der Waals surface area contributed by atoms with Crippen molar-refractivity contribution in [3.8, 4) is 11.8 Å². The van der Waals surface area contributed by atoms with E-state index in [9.17, 15) is 5.11 Å². The van der Waals surface area contributed by atoms with Crippen LogP contribution in [0.25, 0.3) is 0 Å². The first-order valence-electron chi connectivity index (χ1n) is 5.18. The maximum Gasteiger partial charge on any atom is 0.125 e. The van der Waals surface area contributed by atoms with Crippen LogP contribution in [0.3, 0.4) is 0 Å². The van der Waals surface area contributed by atoms with Crippen LogP contribution in [0.4, 0.5) is 0 Å². The van der Waals surface area contributed by atoms with Crippen LogP contribution in [0, 0.1) is 11.8 Å². The molecule has 2 saturated carbocycles. The zero-order chi connectivity index (χ0) is 9.36. The van der Waals surface area contributed by atoms with Gasteiger partial charge in [0.2, 0.25) is 0 Å². The number of aliphatic hydroxyl groups is 1. The number of rotatable bonds is 0. The van der Waals surface area contributed by atoms with Crippen LogP contribution in [0.2, 0.25) is 0 Å². The monoisotopic (exact) mass is 179 g/mol. The largest absolute Gasteiger partial charge is 0.378 e. The van der Waals surface area contributed by atoms with Crippen LogP contribution >= 0.6 is 0 Å². The molecule has 2 aliphatic rings. The summed E-state index contributed by atoms with van der Waals surface area (Å²) < 4.78 is 0. The summed E-state index contributed by atoms with van der Waals surface area (Å²) in [5.41, 5.74) is 4.88. The first-order valence-corrected chi connectivity index (χ1v) is 5.18. The number of nitrogens with two attached hydrogens (primary N) is 1. The second-order valence-electron chi connectivity index (χ2n) is 4.50. The van der Waals surface area contributed by atoms with Crippen LogP contribution in [0.15, 0.2) is 0 Å². The molecule has 0 spiro atoms. The van der Waals surface area contributed by atoms with E-state index in [0.29, 0.717) is 0 Å². The van der Waals surface area contributed by atoms with Crippen molar-refractivity contribution in [3.63, 3.8) is 0 Å². The van der Waals surface area contributed by atoms with Gasteiger partial charge in [-0.25, -0.2) is 0 Å². The van der Waals surface area contributed by atoms with Gasteiger partial charge in [0.05, 0.1) is 5.54 Å². The maximum atomic E-state index is 10.0. The molecule has 0 radical (unpaired) electrons. The smallest absolute Gasteiger partial charge is 0.125 e. The van der Waals surface area contributed by atoms with Crippen LogP contribution in [-0.4, -0.2) is 16.2 Å². The molecule has 0 aromatic heterocycles. The summed E-state index contributed by atoms with van der Waals surface area (Å²) >= 11 is 0. The molecule has 0 unspecified atom stereocenters. The van der Waals surface area contributed by atoms with Crippen molar-refractivity contribution >= 4 is 0 Å². The molecule has 72 valence electrons. The summed E-state index contributed by atoms with van der Waals surface area (Å²) in [6, 6.07) is 0. The molecule has 0 bridgehead atoms. The highest BCUT2D eigenvalue weighted by Crippen LogP contribution is 2.32. The van der Waals surface area contributed by atoms with E-state index in [1.807, 2.05) is 0 Å². The Labute approximate surface area is 79.5 Å². The first kappa shape index (κ1) is 9.05. The highest BCUT2D eigenvalue weighted by atomic mass is 16.3. The molecule has 2 aliphatic carbocycles. The zero-order valence-corrected chi connectivity index (χ0v) is 7.97. The van der Waals surface area contributed by atoms with Crippen LogP contribution in [0.5, 0.6) is 0 Å². The molecule has 0 atom stereocenters. The molecule has 0 aromatic carbocycles. The lowest BCUT2D eigenvalue weighted by molar-refractivity contribution is 0.0608. The predicted octanol–water partition coefficient (Wildman–Crippen LogP) is 1.18. The Morgan fingerprint density at radius 2 is 1.54 bits per heavy atom. The van der Waals surface area contributed by atoms with Gasteiger partial charge in [-0.1, -0.05) is 18.3 Å². The third-order valence-electron chi connectivity index (χ3n) is 3.01. The van der Waals surface area contributed by atoms with Gasteiger partial charge in [0.1, 0.15) is 5.60 Å². The summed E-state index contributed by atoms with van der Waals surface area (Å²) in [6.07, 6.45) is 7.08. The van der Waals surface area contributed by atoms with E-state index in [1.165, 1.54) is 6.42 Å². The minimum Gasteiger partial charge on any atom is -0.378 e. The van der Waals surface area contributed by atoms with Crippen LogP contribution in [-0.2, 0) is 0 Å². The van der Waals surface area contributed by atoms with E-state index < -0.39 is 5.60 Å². The molecule has 0 saturated heterocycles. The summed E-state index contributed by atoms with van der Waals surface area (Å²) in [5.74, 6) is 6.00. The second-order valence-corrected chi connectivity index (χ2v) is 4.50. The Balaban J connectivity index is 2.00. The Bertz CT molecular complexity index is 251. The van der Waals surface area contributed by atoms with Crippen molar-refractivity contribution in [2.24, 2.45) is 5.73 Å². The minimum absolute atomic E-state index is 0.243. The molecule has 0 aromatic rings. The maximum absolute atomic E-state index is 10.0. The average molecular weight is 179 g/mol. The average Bonchev–Trinajstić information content (AvgIpc) is 2.84. The van der Waals surface area contributed by atoms with Gasteiger partial charge in [-0.05, 0) is 38.5 Å². The van der Waals surface area contributed by atoms with Crippen molar-refractivity contribution in [2.75, 3.05) is 0 Å². The second kappa shape index (κ2) is 3.01. The Kier molecular flexibility index (Phi) is 2.09. The van der Waals surface area contributed by atoms with Crippen LogP contribution in [0.1, 0.15) is 44.9 Å². The molecule has 2 rings (SSSR count). The SMILES string of the molecule is NC1(C#CC2(O)CCCCC2)CC1. The van der Waals surface area contributed by atoms with Crippen molar-refractivity contribution in [3.05, 3.63) is 0 Å². The van der Waals surface area contributed by atoms with Crippen molar-refractivity contribution in [2.45, 2.75) is 56.1 Å². The lowest BCUT2D eigenvalue weighted by atomic mass is 9.85. The quantitative estimate of drug-likeness (QED) is 0.548. The van der Waals surface area contributed by atoms with E-state index in [4.69, 9.17) is 5.73 Å². The lowest BCUT2D eigenvalue weighted by Gasteiger charge is -2.26. The fourth-order valence-corrected chi connectivity index (χ4v) is 1.76. The lowest BCUT2D eigenvalue weighted by Crippen LogP contribution is -2.30. The van der Waals surface area contributed by atoms with Gasteiger partial charge < -0.3 is 10.8 Å². The van der Waals surface area contributed by atoms with Gasteiger partial charge in [0.25, 0.3) is 0 Å². The van der Waals surface area contributed by atoms with Crippen LogP contribution < -0.4 is 5.73 Å². The van der Waals surface area contributed by atoms with E-state index >= 15 is 0 Å². The standard InChI is InChI=1S/C11H17NO/c12-10(6-7-10)8-9-11(13)4-2-1-3-5-11/h13H,1-7,12H2. The third-order valence-corrected chi connectivity index (χ3v) is 3.01. The van der Waals surface area contributed by atoms with Crippen molar-refractivity contribution in [1.29, 1.82) is 0 Å². The molecule has 0 aliphatic heterocycles. The molecule has 2 fully saturated rings. The summed E-state index contributed by atoms with van der Waals surface area (Å²) in [7, 11) is 0. The van der Waals surface area contributed by atoms with E-state index in [2.05, 4.69) is 11.8 Å². The minimum atomic E-state index is -0.715. The summed E-state index contributed by atoms with van der Waals surface area (Å²) in [6.45, 7) is 0. The molecule has 0 amide bonds. The van der Waals surface area contributed by atoms with E-state index in [-0.39, 0.29) is 5.54 Å². The highest BCUT2D eigenvalue weighted by molar-refractivity contribution is 5.28. The number of hydrogen-bond donors (Lipinski definition) is 2. The summed E-state index contributed by atoms with van der Waals surface area (Å²) in [5, 5.41) is 10.0. The van der Waals surface area contributed by atoms with Gasteiger partial charge in [-0.15, -0.1) is 0 Å². The normalized spacial score (nSPS) is 28.8. The van der Waals surface area contributed by atoms with Gasteiger partial charge in [0.15, 0.2) is 0 Å². The first-order chi connectivity index (χ1) is 6.12. The Morgan fingerprint density at radius 3 is 2.08 bits per heavy atom. The van der Waals surface area contributed by atoms with Gasteiger partial charge in [-0.3, -0.25) is 0 Å². The number of hydrogen-bond acceptors (Lipinski definition) is 2. The molecular weight excluding hydrogens is 162 g/mol. The van der Waals surface area contributed by atoms with E-state index in [1.54, 1.807) is 0 Å². The van der Waals surface area contributed by atoms with Gasteiger partial charge in [-0.2, -0.15) is 0 Å². The predicted molar refractivity (Wildman–Crippen MR) is 52.0 cm³/mol. The molecule has 2 heteroatoms. The highest BCUT2D eigenvalue weighted by Gasteiger charge is 2.37. The zero-order valence-electron chi connectivity index (χ0n) is 7.97. The molecule has 0 heterocycles. The van der Waals surface area contributed by atoms with Gasteiger partial charge >= 0.3 is 0 Å². The van der Waals surface area contributed by atoms with Gasteiger partial charge in [0, 0.05) is 0 Å². The fraction of sp³-hybridized carbons (Fsp3) is 0.818. The van der Waals surface area contributed by atoms with Crippen molar-refractivity contribution < 1.29 is 5.11 Å². The molecule has 3 N–H and O–H groups in total. The third kappa shape index (κ3) is 2.24. The Morgan fingerprint density at radius 1 is 0.923 bits per heavy atom. The fourth-order valence-electron chi connectivity index (χ4n) is 1.76. The molecule has 2 nitrogen and oxygen atoms in total. The van der Waals surface area contributed by atoms with E-state index in [0.717, 1.165) is 38.5 Å². The molecule has 13 heavy (non-hydrogen) atoms. The topological polar surface area (TPSA) is 46.2 Å². The van der Waals surface area contributed by atoms with Crippen molar-refractivity contribution in [1.82, 2.24) is 0 Å². The Hall–Kier alpha value is -0.520. The summed E-state index contributed by atoms with van der Waals surface area (Å²) in [4.78, 5) is 0.